The van der Waals surface area contributed by atoms with Crippen molar-refractivity contribution in [2.45, 2.75) is 73.1 Å². The van der Waals surface area contributed by atoms with Gasteiger partial charge in [0, 0.05) is 16.4 Å². The molecule has 0 aliphatic heterocycles. The highest BCUT2D eigenvalue weighted by molar-refractivity contribution is 5.69. The first-order valence-electron chi connectivity index (χ1n) is 10.3. The van der Waals surface area contributed by atoms with Crippen molar-refractivity contribution in [3.05, 3.63) is 64.7 Å². The Hall–Kier alpha value is -2.55. The van der Waals surface area contributed by atoms with E-state index in [0.29, 0.717) is 0 Å². The van der Waals surface area contributed by atoms with Crippen LogP contribution >= 0.6 is 0 Å². The predicted molar refractivity (Wildman–Crippen MR) is 122 cm³/mol. The summed E-state index contributed by atoms with van der Waals surface area (Å²) < 4.78 is 0. The number of rotatable bonds is 2. The fraction of sp³-hybridized carbons (Fsp3) is 0.423. The van der Waals surface area contributed by atoms with Gasteiger partial charge in [0.15, 0.2) is 5.82 Å². The molecule has 0 fully saturated rings. The van der Waals surface area contributed by atoms with E-state index in [1.807, 2.05) is 0 Å². The zero-order valence-electron chi connectivity index (χ0n) is 19.3. The van der Waals surface area contributed by atoms with Crippen LogP contribution in [0.1, 0.15) is 69.9 Å². The molecule has 3 rings (SSSR count). The van der Waals surface area contributed by atoms with Crippen LogP contribution in [0.15, 0.2) is 36.4 Å². The summed E-state index contributed by atoms with van der Waals surface area (Å²) in [7, 11) is 0. The molecule has 1 heterocycles. The fourth-order valence-corrected chi connectivity index (χ4v) is 3.19. The summed E-state index contributed by atoms with van der Waals surface area (Å²) in [5, 5.41) is 0. The third kappa shape index (κ3) is 4.55. The SMILES string of the molecule is Cc1cc(-c2ccc(-c3nc(C(C)(C)C)nc(C(C)(C)C)n3)cc2)cc(C)c1C. The molecule has 0 spiro atoms. The van der Waals surface area contributed by atoms with Crippen molar-refractivity contribution in [3.63, 3.8) is 0 Å². The van der Waals surface area contributed by atoms with Crippen LogP contribution in [0.5, 0.6) is 0 Å². The second kappa shape index (κ2) is 7.37. The Balaban J connectivity index is 2.06. The molecule has 0 unspecified atom stereocenters. The van der Waals surface area contributed by atoms with Crippen molar-refractivity contribution >= 4 is 0 Å². The van der Waals surface area contributed by atoms with Crippen LogP contribution < -0.4 is 0 Å². The van der Waals surface area contributed by atoms with E-state index in [1.165, 1.54) is 27.8 Å². The van der Waals surface area contributed by atoms with Crippen molar-refractivity contribution in [1.82, 2.24) is 15.0 Å². The van der Waals surface area contributed by atoms with Crippen LogP contribution in [0.25, 0.3) is 22.5 Å². The zero-order valence-corrected chi connectivity index (χ0v) is 19.3. The summed E-state index contributed by atoms with van der Waals surface area (Å²) in [5.74, 6) is 2.42. The Labute approximate surface area is 175 Å². The van der Waals surface area contributed by atoms with Crippen molar-refractivity contribution < 1.29 is 0 Å². The highest BCUT2D eigenvalue weighted by Gasteiger charge is 2.25. The summed E-state index contributed by atoms with van der Waals surface area (Å²) >= 11 is 0. The lowest BCUT2D eigenvalue weighted by Gasteiger charge is -2.22. The molecular formula is C26H33N3. The first-order valence-corrected chi connectivity index (χ1v) is 10.3. The lowest BCUT2D eigenvalue weighted by atomic mass is 9.92. The molecule has 2 aromatic carbocycles. The van der Waals surface area contributed by atoms with Gasteiger partial charge in [-0.1, -0.05) is 77.9 Å². The summed E-state index contributed by atoms with van der Waals surface area (Å²) in [4.78, 5) is 14.4. The Kier molecular flexibility index (Phi) is 5.38. The van der Waals surface area contributed by atoms with Gasteiger partial charge < -0.3 is 0 Å². The van der Waals surface area contributed by atoms with Crippen LogP contribution in [-0.4, -0.2) is 15.0 Å². The number of aromatic nitrogens is 3. The van der Waals surface area contributed by atoms with E-state index < -0.39 is 0 Å². The predicted octanol–water partition coefficient (Wildman–Crippen LogP) is 6.73. The van der Waals surface area contributed by atoms with Gasteiger partial charge in [0.05, 0.1) is 0 Å². The molecule has 29 heavy (non-hydrogen) atoms. The topological polar surface area (TPSA) is 38.7 Å². The van der Waals surface area contributed by atoms with Gasteiger partial charge in [-0.15, -0.1) is 0 Å². The minimum Gasteiger partial charge on any atom is -0.217 e. The monoisotopic (exact) mass is 387 g/mol. The van der Waals surface area contributed by atoms with Gasteiger partial charge in [-0.3, -0.25) is 0 Å². The first kappa shape index (κ1) is 21.2. The van der Waals surface area contributed by atoms with Crippen LogP contribution in [0.3, 0.4) is 0 Å². The number of aryl methyl sites for hydroxylation is 2. The maximum absolute atomic E-state index is 4.81. The van der Waals surface area contributed by atoms with E-state index in [-0.39, 0.29) is 10.8 Å². The Morgan fingerprint density at radius 1 is 0.552 bits per heavy atom. The van der Waals surface area contributed by atoms with Gasteiger partial charge in [0.25, 0.3) is 0 Å². The number of hydrogen-bond donors (Lipinski definition) is 0. The summed E-state index contributed by atoms with van der Waals surface area (Å²) in [6.07, 6.45) is 0. The van der Waals surface area contributed by atoms with Gasteiger partial charge in [-0.05, 0) is 48.6 Å². The van der Waals surface area contributed by atoms with Crippen molar-refractivity contribution in [1.29, 1.82) is 0 Å². The normalized spacial score (nSPS) is 12.3. The molecule has 3 nitrogen and oxygen atoms in total. The van der Waals surface area contributed by atoms with E-state index in [4.69, 9.17) is 15.0 Å². The van der Waals surface area contributed by atoms with Crippen LogP contribution in [0, 0.1) is 20.8 Å². The molecule has 0 N–H and O–H groups in total. The van der Waals surface area contributed by atoms with E-state index in [1.54, 1.807) is 0 Å². The molecule has 152 valence electrons. The van der Waals surface area contributed by atoms with Gasteiger partial charge in [-0.25, -0.2) is 15.0 Å². The molecular weight excluding hydrogens is 354 g/mol. The number of hydrogen-bond acceptors (Lipinski definition) is 3. The molecule has 0 saturated heterocycles. The number of benzene rings is 2. The standard InChI is InChI=1S/C26H33N3/c1-16-14-21(15-17(2)18(16)3)19-10-12-20(13-11-19)22-27-23(25(4,5)6)29-24(28-22)26(7,8)9/h10-15H,1-9H3. The Morgan fingerprint density at radius 3 is 1.38 bits per heavy atom. The van der Waals surface area contributed by atoms with Crippen molar-refractivity contribution in [2.75, 3.05) is 0 Å². The number of nitrogens with zero attached hydrogens (tertiary/aromatic N) is 3. The lowest BCUT2D eigenvalue weighted by molar-refractivity contribution is 0.497. The average molecular weight is 388 g/mol. The largest absolute Gasteiger partial charge is 0.217 e. The quantitative estimate of drug-likeness (QED) is 0.489. The summed E-state index contributed by atoms with van der Waals surface area (Å²) in [6, 6.07) is 13.1. The average Bonchev–Trinajstić information content (AvgIpc) is 2.64. The third-order valence-corrected chi connectivity index (χ3v) is 5.38. The second-order valence-electron chi connectivity index (χ2n) is 10.1. The molecule has 3 aromatic rings. The summed E-state index contributed by atoms with van der Waals surface area (Å²) in [6.45, 7) is 19.4. The Morgan fingerprint density at radius 2 is 0.966 bits per heavy atom. The molecule has 0 aliphatic carbocycles. The smallest absolute Gasteiger partial charge is 0.163 e. The summed E-state index contributed by atoms with van der Waals surface area (Å²) in [5.41, 5.74) is 7.23. The van der Waals surface area contributed by atoms with E-state index in [9.17, 15) is 0 Å². The first-order chi connectivity index (χ1) is 13.4. The van der Waals surface area contributed by atoms with Gasteiger partial charge >= 0.3 is 0 Å². The van der Waals surface area contributed by atoms with E-state index in [2.05, 4.69) is 98.7 Å². The maximum atomic E-state index is 4.81. The molecule has 0 amide bonds. The van der Waals surface area contributed by atoms with Crippen LogP contribution in [0.2, 0.25) is 0 Å². The lowest BCUT2D eigenvalue weighted by Crippen LogP contribution is -2.24. The molecule has 0 saturated carbocycles. The van der Waals surface area contributed by atoms with Crippen LogP contribution in [-0.2, 0) is 10.8 Å². The van der Waals surface area contributed by atoms with E-state index in [0.717, 1.165) is 23.0 Å². The molecule has 0 radical (unpaired) electrons. The van der Waals surface area contributed by atoms with Crippen LogP contribution in [0.4, 0.5) is 0 Å². The molecule has 3 heteroatoms. The Bertz CT molecular complexity index is 978. The fourth-order valence-electron chi connectivity index (χ4n) is 3.19. The van der Waals surface area contributed by atoms with Crippen molar-refractivity contribution in [3.8, 4) is 22.5 Å². The van der Waals surface area contributed by atoms with E-state index >= 15 is 0 Å². The van der Waals surface area contributed by atoms with Gasteiger partial charge in [0.2, 0.25) is 0 Å². The van der Waals surface area contributed by atoms with Gasteiger partial charge in [0.1, 0.15) is 11.6 Å². The minimum absolute atomic E-state index is 0.130. The molecule has 0 aliphatic rings. The van der Waals surface area contributed by atoms with Gasteiger partial charge in [-0.2, -0.15) is 0 Å². The highest BCUT2D eigenvalue weighted by atomic mass is 15.0. The zero-order chi connectivity index (χ0) is 21.6. The molecule has 1 aromatic heterocycles. The highest BCUT2D eigenvalue weighted by Crippen LogP contribution is 2.29. The second-order valence-corrected chi connectivity index (χ2v) is 10.1. The van der Waals surface area contributed by atoms with Crippen molar-refractivity contribution in [2.24, 2.45) is 0 Å². The minimum atomic E-state index is -0.130. The molecule has 0 bridgehead atoms. The maximum Gasteiger partial charge on any atom is 0.163 e. The third-order valence-electron chi connectivity index (χ3n) is 5.38. The molecule has 0 atom stereocenters.